The van der Waals surface area contributed by atoms with Gasteiger partial charge in [-0.05, 0) is 42.7 Å². The number of methoxy groups -OCH3 is 1. The summed E-state index contributed by atoms with van der Waals surface area (Å²) in [5.41, 5.74) is 2.22. The van der Waals surface area contributed by atoms with Crippen molar-refractivity contribution in [2.24, 2.45) is 0 Å². The minimum atomic E-state index is -0.367. The minimum Gasteiger partial charge on any atom is -0.460 e. The van der Waals surface area contributed by atoms with Gasteiger partial charge in [0.1, 0.15) is 6.61 Å². The fourth-order valence-electron chi connectivity index (χ4n) is 2.86. The van der Waals surface area contributed by atoms with Gasteiger partial charge in [0.15, 0.2) is 5.11 Å². The van der Waals surface area contributed by atoms with Crippen molar-refractivity contribution in [2.75, 3.05) is 25.2 Å². The van der Waals surface area contributed by atoms with Gasteiger partial charge in [0, 0.05) is 23.4 Å². The molecule has 1 N–H and O–H groups in total. The van der Waals surface area contributed by atoms with Crippen LogP contribution in [0.3, 0.4) is 0 Å². The summed E-state index contributed by atoms with van der Waals surface area (Å²) >= 11 is 7.17. The molecule has 0 amide bonds. The topological polar surface area (TPSA) is 50.8 Å². The number of nitrogens with one attached hydrogen (secondary N) is 1. The number of hydrogen-bond donors (Lipinski definition) is 1. The van der Waals surface area contributed by atoms with Crippen LogP contribution in [-0.2, 0) is 14.3 Å². The van der Waals surface area contributed by atoms with Gasteiger partial charge in [-0.1, -0.05) is 24.3 Å². The molecule has 5 nitrogen and oxygen atoms in total. The first-order valence-electron chi connectivity index (χ1n) is 8.19. The van der Waals surface area contributed by atoms with E-state index in [2.05, 4.69) is 5.32 Å². The molecule has 0 radical (unpaired) electrons. The molecule has 7 heteroatoms. The molecule has 0 spiro atoms. The first kappa shape index (κ1) is 18.6. The fourth-order valence-corrected chi connectivity index (χ4v) is 4.00. The van der Waals surface area contributed by atoms with Crippen molar-refractivity contribution < 1.29 is 14.3 Å². The van der Waals surface area contributed by atoms with E-state index in [-0.39, 0.29) is 18.6 Å². The molecule has 0 aliphatic carbocycles. The average Bonchev–Trinajstić information content (AvgIpc) is 3.17. The van der Waals surface area contributed by atoms with Crippen LogP contribution < -0.4 is 10.2 Å². The Morgan fingerprint density at radius 1 is 1.23 bits per heavy atom. The summed E-state index contributed by atoms with van der Waals surface area (Å²) < 4.78 is 10.4. The number of allylic oxidation sites excluding steroid dienone is 1. The summed E-state index contributed by atoms with van der Waals surface area (Å²) in [6.07, 6.45) is 0. The molecule has 26 heavy (non-hydrogen) atoms. The third-order valence-electron chi connectivity index (χ3n) is 4.07. The number of benzene rings is 1. The van der Waals surface area contributed by atoms with E-state index >= 15 is 0 Å². The van der Waals surface area contributed by atoms with Crippen molar-refractivity contribution in [3.05, 3.63) is 64.0 Å². The van der Waals surface area contributed by atoms with Crippen molar-refractivity contribution in [1.82, 2.24) is 5.32 Å². The standard InChI is InChI=1S/C19H20N2O3S2/c1-13-16(18(22)24-11-10-23-2)17(15-9-6-12-26-15)20-19(25)21(13)14-7-4-3-5-8-14/h3-9,12,17H,10-11H2,1-2H3,(H,20,25)/t17-/m0/s1. The number of rotatable bonds is 6. The molecule has 136 valence electrons. The van der Waals surface area contributed by atoms with E-state index in [0.717, 1.165) is 16.3 Å². The number of ether oxygens (including phenoxy) is 2. The number of para-hydroxylation sites is 1. The number of carbonyl (C=O) groups is 1. The molecular weight excluding hydrogens is 368 g/mol. The van der Waals surface area contributed by atoms with E-state index in [4.69, 9.17) is 21.7 Å². The van der Waals surface area contributed by atoms with E-state index in [0.29, 0.717) is 17.3 Å². The van der Waals surface area contributed by atoms with Gasteiger partial charge in [-0.15, -0.1) is 11.3 Å². The number of esters is 1. The first-order chi connectivity index (χ1) is 12.6. The molecule has 1 aromatic carbocycles. The first-order valence-corrected chi connectivity index (χ1v) is 9.48. The fraction of sp³-hybridized carbons (Fsp3) is 0.263. The molecule has 0 saturated carbocycles. The second kappa shape index (κ2) is 8.44. The lowest BCUT2D eigenvalue weighted by atomic mass is 10.0. The van der Waals surface area contributed by atoms with E-state index in [1.165, 1.54) is 0 Å². The van der Waals surface area contributed by atoms with Crippen LogP contribution in [0, 0.1) is 0 Å². The van der Waals surface area contributed by atoms with Crippen LogP contribution in [0.1, 0.15) is 17.8 Å². The highest BCUT2D eigenvalue weighted by atomic mass is 32.1. The lowest BCUT2D eigenvalue weighted by Gasteiger charge is -2.37. The summed E-state index contributed by atoms with van der Waals surface area (Å²) in [4.78, 5) is 15.7. The maximum atomic E-state index is 12.8. The SMILES string of the molecule is COCCOC(=O)C1=C(C)N(c2ccccc2)C(=S)N[C@H]1c1cccs1. The van der Waals surface area contributed by atoms with Gasteiger partial charge in [0.25, 0.3) is 0 Å². The molecular formula is C19H20N2O3S2. The van der Waals surface area contributed by atoms with Gasteiger partial charge >= 0.3 is 5.97 Å². The molecule has 2 aromatic rings. The second-order valence-corrected chi connectivity index (χ2v) is 7.06. The zero-order valence-corrected chi connectivity index (χ0v) is 16.2. The number of carbonyl (C=O) groups excluding carboxylic acids is 1. The lowest BCUT2D eigenvalue weighted by Crippen LogP contribution is -2.48. The third-order valence-corrected chi connectivity index (χ3v) is 5.30. The molecule has 3 rings (SSSR count). The van der Waals surface area contributed by atoms with E-state index in [1.807, 2.05) is 59.7 Å². The number of hydrogen-bond acceptors (Lipinski definition) is 5. The quantitative estimate of drug-likeness (QED) is 0.463. The van der Waals surface area contributed by atoms with E-state index in [1.54, 1.807) is 18.4 Å². The van der Waals surface area contributed by atoms with Crippen LogP contribution in [0.5, 0.6) is 0 Å². The highest BCUT2D eigenvalue weighted by Gasteiger charge is 2.35. The Kier molecular flexibility index (Phi) is 6.03. The van der Waals surface area contributed by atoms with Crippen molar-refractivity contribution in [3.8, 4) is 0 Å². The molecule has 0 bridgehead atoms. The Hall–Kier alpha value is -2.22. The Bertz CT molecular complexity index is 803. The Morgan fingerprint density at radius 2 is 2.00 bits per heavy atom. The van der Waals surface area contributed by atoms with Gasteiger partial charge in [-0.25, -0.2) is 4.79 Å². The zero-order valence-electron chi connectivity index (χ0n) is 14.6. The second-order valence-electron chi connectivity index (χ2n) is 5.70. The number of thiocarbonyl (C=S) groups is 1. The summed E-state index contributed by atoms with van der Waals surface area (Å²) in [6.45, 7) is 2.46. The molecule has 1 aliphatic heterocycles. The summed E-state index contributed by atoms with van der Waals surface area (Å²) in [5, 5.41) is 5.83. The van der Waals surface area contributed by atoms with Crippen molar-refractivity contribution in [1.29, 1.82) is 0 Å². The smallest absolute Gasteiger partial charge is 0.338 e. The zero-order chi connectivity index (χ0) is 18.5. The minimum absolute atomic E-state index is 0.207. The number of anilines is 1. The largest absolute Gasteiger partial charge is 0.460 e. The summed E-state index contributed by atoms with van der Waals surface area (Å²) in [5.74, 6) is -0.367. The van der Waals surface area contributed by atoms with Crippen molar-refractivity contribution >= 4 is 40.3 Å². The number of thiophene rings is 1. The maximum absolute atomic E-state index is 12.8. The highest BCUT2D eigenvalue weighted by molar-refractivity contribution is 7.80. The van der Waals surface area contributed by atoms with Gasteiger partial charge < -0.3 is 14.8 Å². The lowest BCUT2D eigenvalue weighted by molar-refractivity contribution is -0.140. The van der Waals surface area contributed by atoms with Crippen LogP contribution in [-0.4, -0.2) is 31.4 Å². The molecule has 1 aromatic heterocycles. The van der Waals surface area contributed by atoms with Crippen LogP contribution in [0.15, 0.2) is 59.1 Å². The van der Waals surface area contributed by atoms with Crippen LogP contribution in [0.4, 0.5) is 5.69 Å². The molecule has 1 atom stereocenters. The van der Waals surface area contributed by atoms with Crippen molar-refractivity contribution in [3.63, 3.8) is 0 Å². The van der Waals surface area contributed by atoms with E-state index < -0.39 is 0 Å². The van der Waals surface area contributed by atoms with Gasteiger partial charge in [0.2, 0.25) is 0 Å². The molecule has 1 aliphatic rings. The Morgan fingerprint density at radius 3 is 2.65 bits per heavy atom. The van der Waals surface area contributed by atoms with Crippen LogP contribution in [0.25, 0.3) is 0 Å². The summed E-state index contributed by atoms with van der Waals surface area (Å²) in [6, 6.07) is 13.3. The molecule has 2 heterocycles. The van der Waals surface area contributed by atoms with E-state index in [9.17, 15) is 4.79 Å². The van der Waals surface area contributed by atoms with Gasteiger partial charge in [-0.2, -0.15) is 0 Å². The molecule has 0 saturated heterocycles. The molecule has 0 fully saturated rings. The van der Waals surface area contributed by atoms with Gasteiger partial charge in [0.05, 0.1) is 18.2 Å². The normalized spacial score (nSPS) is 17.2. The van der Waals surface area contributed by atoms with Crippen molar-refractivity contribution in [2.45, 2.75) is 13.0 Å². The predicted octanol–water partition coefficient (Wildman–Crippen LogP) is 3.65. The Balaban J connectivity index is 2.02. The van der Waals surface area contributed by atoms with Crippen LogP contribution in [0.2, 0.25) is 0 Å². The summed E-state index contributed by atoms with van der Waals surface area (Å²) in [7, 11) is 1.57. The average molecular weight is 389 g/mol. The number of nitrogens with zero attached hydrogens (tertiary/aromatic N) is 1. The highest BCUT2D eigenvalue weighted by Crippen LogP contribution is 2.35. The monoisotopic (exact) mass is 388 g/mol. The Labute approximate surface area is 162 Å². The predicted molar refractivity (Wildman–Crippen MR) is 107 cm³/mol. The van der Waals surface area contributed by atoms with Crippen LogP contribution >= 0.6 is 23.6 Å². The third kappa shape index (κ3) is 3.80. The van der Waals surface area contributed by atoms with Gasteiger partial charge in [-0.3, -0.25) is 4.90 Å². The maximum Gasteiger partial charge on any atom is 0.338 e. The molecule has 0 unspecified atom stereocenters.